The molecule has 3 rings (SSSR count). The molecule has 0 saturated carbocycles. The van der Waals surface area contributed by atoms with Gasteiger partial charge in [-0.05, 0) is 20.3 Å². The second-order valence-electron chi connectivity index (χ2n) is 5.23. The van der Waals surface area contributed by atoms with Crippen molar-refractivity contribution < 1.29 is 19.0 Å². The molecule has 9 nitrogen and oxygen atoms in total. The molecule has 0 aliphatic carbocycles. The van der Waals surface area contributed by atoms with Crippen molar-refractivity contribution in [3.8, 4) is 0 Å². The predicted octanol–water partition coefficient (Wildman–Crippen LogP) is 0.697. The number of nitrogens with two attached hydrogens (primary N) is 1. The topological polar surface area (TPSA) is 114 Å². The van der Waals surface area contributed by atoms with E-state index >= 15 is 0 Å². The number of carbonyl (C=O) groups is 1. The third kappa shape index (κ3) is 3.25. The number of ether oxygens (including phenoxy) is 3. The molecule has 0 aromatic carbocycles. The van der Waals surface area contributed by atoms with Crippen molar-refractivity contribution in [2.75, 3.05) is 12.3 Å². The maximum atomic E-state index is 12.1. The van der Waals surface area contributed by atoms with Crippen LogP contribution in [0.25, 0.3) is 11.2 Å². The van der Waals surface area contributed by atoms with Crippen LogP contribution in [0.2, 0.25) is 0 Å². The van der Waals surface area contributed by atoms with Gasteiger partial charge in [0.2, 0.25) is 5.95 Å². The van der Waals surface area contributed by atoms with E-state index < -0.39 is 12.2 Å². The Morgan fingerprint density at radius 3 is 2.96 bits per heavy atom. The summed E-state index contributed by atoms with van der Waals surface area (Å²) in [4.78, 5) is 24.4. The van der Waals surface area contributed by atoms with Gasteiger partial charge in [-0.3, -0.25) is 4.79 Å². The minimum absolute atomic E-state index is 0.181. The molecule has 0 radical (unpaired) electrons. The summed E-state index contributed by atoms with van der Waals surface area (Å²) in [7, 11) is 0. The Balaban J connectivity index is 1.72. The van der Waals surface area contributed by atoms with Crippen molar-refractivity contribution in [2.24, 2.45) is 5.92 Å². The van der Waals surface area contributed by atoms with Crippen LogP contribution in [-0.4, -0.2) is 44.7 Å². The van der Waals surface area contributed by atoms with Crippen LogP contribution in [0, 0.1) is 5.92 Å². The fourth-order valence-corrected chi connectivity index (χ4v) is 2.50. The molecule has 1 unspecified atom stereocenters. The highest BCUT2D eigenvalue weighted by Gasteiger charge is 2.39. The van der Waals surface area contributed by atoms with E-state index in [1.165, 1.54) is 0 Å². The number of anilines is 1. The molecule has 0 bridgehead atoms. The molecule has 0 spiro atoms. The second-order valence-corrected chi connectivity index (χ2v) is 5.23. The highest BCUT2D eigenvalue weighted by molar-refractivity contribution is 5.73. The Bertz CT molecular complexity index is 698. The first kappa shape index (κ1) is 15.6. The number of hydrogen-bond donors (Lipinski definition) is 1. The van der Waals surface area contributed by atoms with E-state index in [-0.39, 0.29) is 18.2 Å². The SMILES string of the molecule is CCOC(=O)C(CCn1cnc2cnc(N)nc21)C1OC(C)O1. The van der Waals surface area contributed by atoms with Gasteiger partial charge in [-0.1, -0.05) is 0 Å². The van der Waals surface area contributed by atoms with Gasteiger partial charge in [0.15, 0.2) is 18.2 Å². The maximum Gasteiger partial charge on any atom is 0.314 e. The zero-order valence-corrected chi connectivity index (χ0v) is 13.0. The van der Waals surface area contributed by atoms with Crippen LogP contribution < -0.4 is 5.73 Å². The molecular weight excluding hydrogens is 302 g/mol. The van der Waals surface area contributed by atoms with Gasteiger partial charge < -0.3 is 24.5 Å². The van der Waals surface area contributed by atoms with Gasteiger partial charge in [-0.2, -0.15) is 4.98 Å². The summed E-state index contributed by atoms with van der Waals surface area (Å²) in [6.45, 7) is 4.37. The molecule has 2 N–H and O–H groups in total. The van der Waals surface area contributed by atoms with E-state index in [4.69, 9.17) is 19.9 Å². The monoisotopic (exact) mass is 321 g/mol. The highest BCUT2D eigenvalue weighted by Crippen LogP contribution is 2.27. The number of hydrogen-bond acceptors (Lipinski definition) is 8. The zero-order chi connectivity index (χ0) is 16.4. The van der Waals surface area contributed by atoms with Crippen LogP contribution in [0.15, 0.2) is 12.5 Å². The average Bonchev–Trinajstić information content (AvgIpc) is 2.88. The molecule has 1 fully saturated rings. The van der Waals surface area contributed by atoms with E-state index in [9.17, 15) is 4.79 Å². The van der Waals surface area contributed by atoms with E-state index in [1.807, 2.05) is 4.57 Å². The molecule has 124 valence electrons. The molecular formula is C14H19N5O4. The fourth-order valence-electron chi connectivity index (χ4n) is 2.50. The number of aryl methyl sites for hydroxylation is 1. The first-order valence-electron chi connectivity index (χ1n) is 7.49. The van der Waals surface area contributed by atoms with E-state index in [0.717, 1.165) is 0 Å². The fraction of sp³-hybridized carbons (Fsp3) is 0.571. The minimum Gasteiger partial charge on any atom is -0.466 e. The van der Waals surface area contributed by atoms with Crippen LogP contribution >= 0.6 is 0 Å². The third-order valence-electron chi connectivity index (χ3n) is 3.63. The van der Waals surface area contributed by atoms with Crippen LogP contribution in [0.4, 0.5) is 5.95 Å². The van der Waals surface area contributed by atoms with Gasteiger partial charge in [0, 0.05) is 6.54 Å². The smallest absolute Gasteiger partial charge is 0.314 e. The first-order valence-corrected chi connectivity index (χ1v) is 7.49. The Morgan fingerprint density at radius 2 is 2.26 bits per heavy atom. The number of esters is 1. The van der Waals surface area contributed by atoms with Crippen LogP contribution in [0.1, 0.15) is 20.3 Å². The number of carbonyl (C=O) groups excluding carboxylic acids is 1. The molecule has 2 aromatic rings. The summed E-state index contributed by atoms with van der Waals surface area (Å²) in [5.41, 5.74) is 6.89. The van der Waals surface area contributed by atoms with Crippen molar-refractivity contribution in [1.82, 2.24) is 19.5 Å². The summed E-state index contributed by atoms with van der Waals surface area (Å²) in [6.07, 6.45) is 2.83. The predicted molar refractivity (Wildman–Crippen MR) is 79.9 cm³/mol. The van der Waals surface area contributed by atoms with Crippen molar-refractivity contribution in [3.05, 3.63) is 12.5 Å². The van der Waals surface area contributed by atoms with Gasteiger partial charge in [0.05, 0.1) is 19.1 Å². The Labute approximate surface area is 132 Å². The maximum absolute atomic E-state index is 12.1. The van der Waals surface area contributed by atoms with E-state index in [2.05, 4.69) is 15.0 Å². The Morgan fingerprint density at radius 1 is 1.48 bits per heavy atom. The van der Waals surface area contributed by atoms with Crippen LogP contribution in [0.3, 0.4) is 0 Å². The van der Waals surface area contributed by atoms with Crippen LogP contribution in [0.5, 0.6) is 0 Å². The largest absolute Gasteiger partial charge is 0.466 e. The lowest BCUT2D eigenvalue weighted by molar-refractivity contribution is -0.389. The number of nitrogen functional groups attached to an aromatic ring is 1. The van der Waals surface area contributed by atoms with E-state index in [1.54, 1.807) is 26.4 Å². The number of fused-ring (bicyclic) bond motifs is 1. The van der Waals surface area contributed by atoms with Gasteiger partial charge in [0.25, 0.3) is 0 Å². The quantitative estimate of drug-likeness (QED) is 0.773. The molecule has 1 aliphatic rings. The van der Waals surface area contributed by atoms with Crippen molar-refractivity contribution in [1.29, 1.82) is 0 Å². The molecule has 2 aromatic heterocycles. The van der Waals surface area contributed by atoms with Gasteiger partial charge in [-0.25, -0.2) is 9.97 Å². The number of aromatic nitrogens is 4. The second kappa shape index (κ2) is 6.47. The molecule has 0 amide bonds. The summed E-state index contributed by atoms with van der Waals surface area (Å²) in [5.74, 6) is -0.647. The lowest BCUT2D eigenvalue weighted by Gasteiger charge is -2.37. The first-order chi connectivity index (χ1) is 11.1. The standard InChI is InChI=1S/C14H19N5O4/c1-3-21-12(20)9(13-22-8(2)23-13)4-5-19-7-17-10-6-16-14(15)18-11(10)19/h6-9,13H,3-5H2,1-2H3,(H2,15,16,18). The highest BCUT2D eigenvalue weighted by atomic mass is 16.9. The van der Waals surface area contributed by atoms with Crippen molar-refractivity contribution in [2.45, 2.75) is 39.4 Å². The van der Waals surface area contributed by atoms with Crippen molar-refractivity contribution >= 4 is 23.1 Å². The molecule has 1 atom stereocenters. The van der Waals surface area contributed by atoms with Gasteiger partial charge >= 0.3 is 5.97 Å². The molecule has 3 heterocycles. The van der Waals surface area contributed by atoms with Crippen molar-refractivity contribution in [3.63, 3.8) is 0 Å². The molecule has 1 saturated heterocycles. The number of nitrogens with zero attached hydrogens (tertiary/aromatic N) is 4. The lowest BCUT2D eigenvalue weighted by Crippen LogP contribution is -2.47. The van der Waals surface area contributed by atoms with Crippen LogP contribution in [-0.2, 0) is 25.5 Å². The molecule has 23 heavy (non-hydrogen) atoms. The lowest BCUT2D eigenvalue weighted by atomic mass is 10.0. The summed E-state index contributed by atoms with van der Waals surface area (Å²) < 4.78 is 17.8. The Kier molecular flexibility index (Phi) is 4.39. The average molecular weight is 321 g/mol. The third-order valence-corrected chi connectivity index (χ3v) is 3.63. The number of imidazole rings is 1. The Hall–Kier alpha value is -2.26. The summed E-state index contributed by atoms with van der Waals surface area (Å²) in [6, 6.07) is 0. The molecule has 1 aliphatic heterocycles. The van der Waals surface area contributed by atoms with Gasteiger partial charge in [-0.15, -0.1) is 0 Å². The minimum atomic E-state index is -0.571. The van der Waals surface area contributed by atoms with E-state index in [0.29, 0.717) is 30.7 Å². The molecule has 9 heteroatoms. The summed E-state index contributed by atoms with van der Waals surface area (Å²) in [5, 5.41) is 0. The zero-order valence-electron chi connectivity index (χ0n) is 13.0. The van der Waals surface area contributed by atoms with Gasteiger partial charge in [0.1, 0.15) is 11.4 Å². The normalized spacial score (nSPS) is 21.8. The summed E-state index contributed by atoms with van der Waals surface area (Å²) >= 11 is 0. The number of rotatable bonds is 6.